The summed E-state index contributed by atoms with van der Waals surface area (Å²) in [6.07, 6.45) is 1.69. The Morgan fingerprint density at radius 1 is 2.00 bits per heavy atom. The van der Waals surface area contributed by atoms with Crippen molar-refractivity contribution >= 4 is 23.4 Å². The molecule has 0 aromatic rings. The van der Waals surface area contributed by atoms with Gasteiger partial charge in [0, 0.05) is 6.20 Å². The summed E-state index contributed by atoms with van der Waals surface area (Å²) in [4.78, 5) is 0. The molecule has 1 aliphatic rings. The number of nitrogens with one attached hydrogen (secondary N) is 1. The van der Waals surface area contributed by atoms with Crippen molar-refractivity contribution < 1.29 is 0 Å². The van der Waals surface area contributed by atoms with Gasteiger partial charge in [0.25, 0.3) is 0 Å². The van der Waals surface area contributed by atoms with Crippen LogP contribution in [-0.4, -0.2) is 5.50 Å². The second-order valence-electron chi connectivity index (χ2n) is 1.15. The van der Waals surface area contributed by atoms with E-state index in [4.69, 9.17) is 17.3 Å². The van der Waals surface area contributed by atoms with Crippen molar-refractivity contribution in [3.63, 3.8) is 0 Å². The summed E-state index contributed by atoms with van der Waals surface area (Å²) in [5.41, 5.74) is 5.31. The normalized spacial score (nSPS) is 29.4. The Labute approximate surface area is 51.1 Å². The van der Waals surface area contributed by atoms with Gasteiger partial charge in [0.1, 0.15) is 5.50 Å². The Morgan fingerprint density at radius 3 is 2.86 bits per heavy atom. The van der Waals surface area contributed by atoms with Crippen molar-refractivity contribution in [2.24, 2.45) is 5.73 Å². The van der Waals surface area contributed by atoms with Gasteiger partial charge in [-0.05, 0) is 0 Å². The summed E-state index contributed by atoms with van der Waals surface area (Å²) in [5.74, 6) is 0. The topological polar surface area (TPSA) is 38.0 Å². The maximum Gasteiger partial charge on any atom is 0.128 e. The van der Waals surface area contributed by atoms with Gasteiger partial charge in [0.2, 0.25) is 0 Å². The van der Waals surface area contributed by atoms with Gasteiger partial charge >= 0.3 is 0 Å². The molecule has 0 aliphatic carbocycles. The Bertz CT molecular complexity index is 103. The van der Waals surface area contributed by atoms with Crippen molar-refractivity contribution in [1.82, 2.24) is 5.32 Å². The van der Waals surface area contributed by atoms with E-state index in [2.05, 4.69) is 5.32 Å². The van der Waals surface area contributed by atoms with Crippen LogP contribution in [0.1, 0.15) is 0 Å². The first kappa shape index (κ1) is 5.28. The zero-order valence-electron chi connectivity index (χ0n) is 3.52. The third-order valence-electron chi connectivity index (χ3n) is 0.601. The van der Waals surface area contributed by atoms with Crippen LogP contribution in [0, 0.1) is 0 Å². The van der Waals surface area contributed by atoms with Crippen LogP contribution in [0.15, 0.2) is 10.6 Å². The van der Waals surface area contributed by atoms with Gasteiger partial charge in [-0.3, -0.25) is 0 Å². The fourth-order valence-corrected chi connectivity index (χ4v) is 1.20. The van der Waals surface area contributed by atoms with E-state index in [9.17, 15) is 0 Å². The monoisotopic (exact) mass is 136 g/mol. The minimum absolute atomic E-state index is 0.0347. The minimum atomic E-state index is -0.0347. The Balaban J connectivity index is 2.42. The van der Waals surface area contributed by atoms with Gasteiger partial charge in [-0.2, -0.15) is 0 Å². The average Bonchev–Trinajstić information content (AvgIpc) is 1.87. The number of thioether (sulfide) groups is 1. The maximum absolute atomic E-state index is 5.49. The maximum atomic E-state index is 5.49. The average molecular weight is 137 g/mol. The van der Waals surface area contributed by atoms with Crippen LogP contribution in [0.3, 0.4) is 0 Å². The lowest BCUT2D eigenvalue weighted by molar-refractivity contribution is 0.837. The lowest BCUT2D eigenvalue weighted by atomic mass is 10.9. The molecular weight excluding hydrogens is 132 g/mol. The van der Waals surface area contributed by atoms with Gasteiger partial charge < -0.3 is 11.1 Å². The molecule has 0 saturated carbocycles. The predicted molar refractivity (Wildman–Crippen MR) is 32.6 cm³/mol. The first-order valence-corrected chi connectivity index (χ1v) is 3.09. The smallest absolute Gasteiger partial charge is 0.128 e. The SMILES string of the molecule is NC1NC=C(Cl)S1. The zero-order valence-corrected chi connectivity index (χ0v) is 5.09. The summed E-state index contributed by atoms with van der Waals surface area (Å²) in [6, 6.07) is 0. The van der Waals surface area contributed by atoms with Crippen LogP contribution in [0.25, 0.3) is 0 Å². The van der Waals surface area contributed by atoms with Crippen LogP contribution < -0.4 is 11.1 Å². The summed E-state index contributed by atoms with van der Waals surface area (Å²) in [5, 5.41) is 2.82. The highest BCUT2D eigenvalue weighted by Gasteiger charge is 2.08. The molecule has 2 nitrogen and oxygen atoms in total. The third kappa shape index (κ3) is 1.26. The quantitative estimate of drug-likeness (QED) is 0.512. The molecule has 1 rings (SSSR count). The zero-order chi connectivity index (χ0) is 5.28. The molecule has 1 aliphatic heterocycles. The number of halogens is 1. The first-order chi connectivity index (χ1) is 3.29. The van der Waals surface area contributed by atoms with Crippen LogP contribution in [0.2, 0.25) is 0 Å². The molecule has 0 bridgehead atoms. The summed E-state index contributed by atoms with van der Waals surface area (Å²) in [6.45, 7) is 0. The molecular formula is C3H5ClN2S. The largest absolute Gasteiger partial charge is 0.366 e. The van der Waals surface area contributed by atoms with E-state index in [1.165, 1.54) is 11.8 Å². The number of rotatable bonds is 0. The molecule has 1 heterocycles. The van der Waals surface area contributed by atoms with Crippen molar-refractivity contribution in [1.29, 1.82) is 0 Å². The van der Waals surface area contributed by atoms with E-state index in [1.54, 1.807) is 6.20 Å². The number of nitrogens with two attached hydrogens (primary N) is 1. The highest BCUT2D eigenvalue weighted by molar-refractivity contribution is 8.05. The van der Waals surface area contributed by atoms with E-state index >= 15 is 0 Å². The van der Waals surface area contributed by atoms with Crippen LogP contribution in [0.4, 0.5) is 0 Å². The van der Waals surface area contributed by atoms with Crippen LogP contribution >= 0.6 is 23.4 Å². The fraction of sp³-hybridized carbons (Fsp3) is 0.333. The molecule has 1 unspecified atom stereocenters. The molecule has 0 saturated heterocycles. The van der Waals surface area contributed by atoms with Crippen LogP contribution in [0.5, 0.6) is 0 Å². The van der Waals surface area contributed by atoms with E-state index in [0.29, 0.717) is 0 Å². The Kier molecular flexibility index (Phi) is 1.46. The van der Waals surface area contributed by atoms with E-state index < -0.39 is 0 Å². The van der Waals surface area contributed by atoms with Crippen LogP contribution in [-0.2, 0) is 0 Å². The molecule has 0 spiro atoms. The number of hydrogen-bond donors (Lipinski definition) is 2. The molecule has 4 heteroatoms. The van der Waals surface area contributed by atoms with Crippen molar-refractivity contribution in [2.75, 3.05) is 0 Å². The van der Waals surface area contributed by atoms with Crippen molar-refractivity contribution in [3.8, 4) is 0 Å². The summed E-state index contributed by atoms with van der Waals surface area (Å²) < 4.78 is 0.729. The van der Waals surface area contributed by atoms with E-state index in [0.717, 1.165) is 4.36 Å². The second-order valence-corrected chi connectivity index (χ2v) is 2.97. The highest BCUT2D eigenvalue weighted by atomic mass is 35.5. The second kappa shape index (κ2) is 1.94. The molecule has 0 radical (unpaired) electrons. The molecule has 0 aromatic heterocycles. The van der Waals surface area contributed by atoms with Gasteiger partial charge in [0.15, 0.2) is 0 Å². The molecule has 0 fully saturated rings. The highest BCUT2D eigenvalue weighted by Crippen LogP contribution is 2.24. The summed E-state index contributed by atoms with van der Waals surface area (Å²) >= 11 is 6.90. The lowest BCUT2D eigenvalue weighted by Gasteiger charge is -1.97. The molecule has 1 atom stereocenters. The first-order valence-electron chi connectivity index (χ1n) is 1.83. The molecule has 0 aromatic carbocycles. The Morgan fingerprint density at radius 2 is 2.71 bits per heavy atom. The van der Waals surface area contributed by atoms with Gasteiger partial charge in [-0.25, -0.2) is 0 Å². The minimum Gasteiger partial charge on any atom is -0.366 e. The fourth-order valence-electron chi connectivity index (χ4n) is 0.337. The molecule has 7 heavy (non-hydrogen) atoms. The van der Waals surface area contributed by atoms with E-state index in [-0.39, 0.29) is 5.50 Å². The lowest BCUT2D eigenvalue weighted by Crippen LogP contribution is -2.25. The third-order valence-corrected chi connectivity index (χ3v) is 1.71. The Hall–Kier alpha value is 0.140. The van der Waals surface area contributed by atoms with Gasteiger partial charge in [-0.1, -0.05) is 23.4 Å². The summed E-state index contributed by atoms with van der Waals surface area (Å²) in [7, 11) is 0. The van der Waals surface area contributed by atoms with E-state index in [1.807, 2.05) is 0 Å². The predicted octanol–water partition coefficient (Wildman–Crippen LogP) is 0.603. The van der Waals surface area contributed by atoms with Gasteiger partial charge in [0.05, 0.1) is 4.36 Å². The molecule has 40 valence electrons. The van der Waals surface area contributed by atoms with Crippen molar-refractivity contribution in [3.05, 3.63) is 10.6 Å². The number of hydrogen-bond acceptors (Lipinski definition) is 3. The standard InChI is InChI=1S/C3H5ClN2S/c4-2-1-6-3(5)7-2/h1,3,6H,5H2. The molecule has 0 amide bonds. The van der Waals surface area contributed by atoms with Gasteiger partial charge in [-0.15, -0.1) is 0 Å². The molecule has 3 N–H and O–H groups in total. The van der Waals surface area contributed by atoms with Crippen molar-refractivity contribution in [2.45, 2.75) is 5.50 Å².